The number of rotatable bonds is 35. The number of esters is 1. The summed E-state index contributed by atoms with van der Waals surface area (Å²) in [4.78, 5) is 22.7. The average Bonchev–Trinajstić information content (AvgIpc) is 3.08. The summed E-state index contributed by atoms with van der Waals surface area (Å²) >= 11 is 0. The van der Waals surface area contributed by atoms with E-state index in [1.165, 1.54) is 44.9 Å². The van der Waals surface area contributed by atoms with Crippen molar-refractivity contribution in [2.24, 2.45) is 0 Å². The predicted octanol–water partition coefficient (Wildman–Crippen LogP) is 11.2. The lowest BCUT2D eigenvalue weighted by Crippen LogP contribution is -2.37. The minimum atomic E-state index is -4.29. The molecule has 0 spiro atoms. The topological polar surface area (TPSA) is 91.3 Å². The molecule has 0 aromatic rings. The number of hydrogen-bond acceptors (Lipinski definition) is 6. The van der Waals surface area contributed by atoms with Crippen molar-refractivity contribution in [1.82, 2.24) is 0 Å². The third kappa shape index (κ3) is 39.0. The number of likely N-dealkylation sites (N-methyl/N-ethyl adjacent to an activating group) is 1. The molecule has 0 amide bonds. The summed E-state index contributed by atoms with van der Waals surface area (Å²) in [5.74, 6) is -0.401. The first-order chi connectivity index (χ1) is 24.6. The van der Waals surface area contributed by atoms with Crippen LogP contribution in [0.3, 0.4) is 0 Å². The highest BCUT2D eigenvalue weighted by Crippen LogP contribution is 2.43. The maximum Gasteiger partial charge on any atom is 0.472 e. The Bertz CT molecular complexity index is 1040. The molecule has 2 atom stereocenters. The van der Waals surface area contributed by atoms with Gasteiger partial charge in [-0.25, -0.2) is 4.57 Å². The standard InChI is InChI=1S/C42H74NO7P/c1-6-8-10-12-14-16-18-20-21-22-24-26-28-30-32-34-37-47-39-41(40-49-51(45,46)48-38-36-43(3,4)5)50-42(44)35-33-31-29-27-25-23-19-17-15-13-11-9-7-2/h9,11,14-17,20-21,23,25,29,31,41H,6-8,10,12-13,18-19,22,24,26-28,30,32-40H2,1-5H3/p+1/b11-9-,16-14-,17-15-,21-20-,25-23-,31-29-. The van der Waals surface area contributed by atoms with Gasteiger partial charge in [-0.2, -0.15) is 0 Å². The fourth-order valence-corrected chi connectivity index (χ4v) is 5.45. The number of allylic oxidation sites excluding steroid dienone is 12. The number of carbonyl (C=O) groups excluding carboxylic acids is 1. The predicted molar refractivity (Wildman–Crippen MR) is 215 cm³/mol. The quantitative estimate of drug-likeness (QED) is 0.0228. The lowest BCUT2D eigenvalue weighted by atomic mass is 10.1. The second kappa shape index (κ2) is 35.0. The molecule has 294 valence electrons. The van der Waals surface area contributed by atoms with Crippen LogP contribution in [0.4, 0.5) is 0 Å². The zero-order chi connectivity index (χ0) is 37.7. The van der Waals surface area contributed by atoms with Gasteiger partial charge in [0.05, 0.1) is 34.4 Å². The van der Waals surface area contributed by atoms with Gasteiger partial charge in [-0.05, 0) is 70.6 Å². The molecule has 2 unspecified atom stereocenters. The van der Waals surface area contributed by atoms with Crippen molar-refractivity contribution in [3.8, 4) is 0 Å². The van der Waals surface area contributed by atoms with Gasteiger partial charge in [0, 0.05) is 13.0 Å². The van der Waals surface area contributed by atoms with Crippen LogP contribution in [0.5, 0.6) is 0 Å². The Morgan fingerprint density at radius 2 is 1.14 bits per heavy atom. The number of quaternary nitrogens is 1. The van der Waals surface area contributed by atoms with Crippen LogP contribution in [0.25, 0.3) is 0 Å². The van der Waals surface area contributed by atoms with Crippen molar-refractivity contribution < 1.29 is 37.3 Å². The summed E-state index contributed by atoms with van der Waals surface area (Å²) in [6.07, 6.45) is 43.8. The van der Waals surface area contributed by atoms with E-state index in [-0.39, 0.29) is 26.2 Å². The number of nitrogens with zero attached hydrogens (tertiary/aromatic N) is 1. The van der Waals surface area contributed by atoms with Gasteiger partial charge in [-0.3, -0.25) is 13.8 Å². The van der Waals surface area contributed by atoms with Gasteiger partial charge in [0.15, 0.2) is 0 Å². The van der Waals surface area contributed by atoms with E-state index < -0.39 is 19.9 Å². The molecule has 8 nitrogen and oxygen atoms in total. The first-order valence-corrected chi connectivity index (χ1v) is 21.2. The Morgan fingerprint density at radius 1 is 0.627 bits per heavy atom. The Balaban J connectivity index is 4.42. The van der Waals surface area contributed by atoms with Crippen molar-refractivity contribution in [2.75, 3.05) is 54.1 Å². The van der Waals surface area contributed by atoms with Gasteiger partial charge >= 0.3 is 13.8 Å². The molecule has 0 radical (unpaired) electrons. The summed E-state index contributed by atoms with van der Waals surface area (Å²) in [5.41, 5.74) is 0. The number of carbonyl (C=O) groups is 1. The van der Waals surface area contributed by atoms with Crippen molar-refractivity contribution in [1.29, 1.82) is 0 Å². The smallest absolute Gasteiger partial charge is 0.457 e. The molecule has 9 heteroatoms. The van der Waals surface area contributed by atoms with Gasteiger partial charge in [0.25, 0.3) is 0 Å². The first kappa shape index (κ1) is 48.9. The molecular formula is C42H75NO7P+. The molecule has 1 N–H and O–H groups in total. The van der Waals surface area contributed by atoms with Crippen molar-refractivity contribution >= 4 is 13.8 Å². The van der Waals surface area contributed by atoms with E-state index in [1.807, 2.05) is 33.3 Å². The summed E-state index contributed by atoms with van der Waals surface area (Å²) in [6.45, 7) is 5.32. The second-order valence-electron chi connectivity index (χ2n) is 13.9. The molecule has 51 heavy (non-hydrogen) atoms. The van der Waals surface area contributed by atoms with Crippen LogP contribution in [-0.4, -0.2) is 75.6 Å². The molecule has 0 aromatic carbocycles. The normalized spacial score (nSPS) is 14.7. The Kier molecular flexibility index (Phi) is 33.6. The number of ether oxygens (including phenoxy) is 2. The second-order valence-corrected chi connectivity index (χ2v) is 15.4. The van der Waals surface area contributed by atoms with E-state index in [2.05, 4.69) is 74.6 Å². The number of hydrogen-bond donors (Lipinski definition) is 1. The van der Waals surface area contributed by atoms with E-state index in [1.54, 1.807) is 0 Å². The van der Waals surface area contributed by atoms with Crippen molar-refractivity contribution in [3.63, 3.8) is 0 Å². The number of phosphoric ester groups is 1. The van der Waals surface area contributed by atoms with Gasteiger partial charge in [-0.1, -0.05) is 125 Å². The highest BCUT2D eigenvalue weighted by atomic mass is 31.2. The fourth-order valence-electron chi connectivity index (χ4n) is 4.71. The van der Waals surface area contributed by atoms with Gasteiger partial charge in [-0.15, -0.1) is 0 Å². The third-order valence-corrected chi connectivity index (χ3v) is 8.75. The average molecular weight is 737 g/mol. The van der Waals surface area contributed by atoms with Crippen LogP contribution in [0.15, 0.2) is 72.9 Å². The van der Waals surface area contributed by atoms with Crippen LogP contribution in [-0.2, 0) is 27.9 Å². The molecule has 0 aliphatic rings. The largest absolute Gasteiger partial charge is 0.472 e. The molecule has 0 rings (SSSR count). The van der Waals surface area contributed by atoms with Crippen LogP contribution in [0.1, 0.15) is 129 Å². The summed E-state index contributed by atoms with van der Waals surface area (Å²) in [7, 11) is 1.60. The zero-order valence-corrected chi connectivity index (χ0v) is 34.0. The number of unbranched alkanes of at least 4 members (excludes halogenated alkanes) is 9. The van der Waals surface area contributed by atoms with Crippen molar-refractivity contribution in [2.45, 2.75) is 136 Å². The Morgan fingerprint density at radius 3 is 1.71 bits per heavy atom. The molecule has 0 aliphatic carbocycles. The highest BCUT2D eigenvalue weighted by Gasteiger charge is 2.26. The summed E-state index contributed by atoms with van der Waals surface area (Å²) in [6, 6.07) is 0. The SMILES string of the molecule is CC/C=C\C/C=C\C/C=C\C/C=C\CCC(=O)OC(COCCCCCCCC/C=C\C/C=C\CCCCC)COP(=O)(O)OCC[N+](C)(C)C. The molecule has 0 fully saturated rings. The van der Waals surface area contributed by atoms with Gasteiger partial charge in [0.1, 0.15) is 19.3 Å². The van der Waals surface area contributed by atoms with Crippen LogP contribution in [0, 0.1) is 0 Å². The highest BCUT2D eigenvalue weighted by molar-refractivity contribution is 7.47. The lowest BCUT2D eigenvalue weighted by molar-refractivity contribution is -0.870. The number of phosphoric acid groups is 1. The third-order valence-electron chi connectivity index (χ3n) is 7.77. The monoisotopic (exact) mass is 737 g/mol. The van der Waals surface area contributed by atoms with E-state index >= 15 is 0 Å². The molecule has 0 aromatic heterocycles. The van der Waals surface area contributed by atoms with Gasteiger partial charge < -0.3 is 18.9 Å². The molecule has 0 saturated carbocycles. The van der Waals surface area contributed by atoms with Crippen molar-refractivity contribution in [3.05, 3.63) is 72.9 Å². The first-order valence-electron chi connectivity index (χ1n) is 19.7. The Labute approximate surface area is 312 Å². The maximum absolute atomic E-state index is 12.6. The van der Waals surface area contributed by atoms with Crippen LogP contribution in [0.2, 0.25) is 0 Å². The molecular weight excluding hydrogens is 661 g/mol. The maximum atomic E-state index is 12.6. The molecule has 0 heterocycles. The molecule has 0 aliphatic heterocycles. The zero-order valence-electron chi connectivity index (χ0n) is 33.1. The summed E-state index contributed by atoms with van der Waals surface area (Å²) in [5, 5.41) is 0. The van der Waals surface area contributed by atoms with E-state index in [0.717, 1.165) is 57.8 Å². The van der Waals surface area contributed by atoms with E-state index in [9.17, 15) is 14.3 Å². The lowest BCUT2D eigenvalue weighted by Gasteiger charge is -2.24. The Hall–Kier alpha value is -2.06. The summed E-state index contributed by atoms with van der Waals surface area (Å²) < 4.78 is 34.8. The van der Waals surface area contributed by atoms with Crippen LogP contribution >= 0.6 is 7.82 Å². The molecule has 0 saturated heterocycles. The minimum Gasteiger partial charge on any atom is -0.457 e. The van der Waals surface area contributed by atoms with Crippen LogP contribution < -0.4 is 0 Å². The minimum absolute atomic E-state index is 0.0701. The van der Waals surface area contributed by atoms with E-state index in [4.69, 9.17) is 18.5 Å². The fraction of sp³-hybridized carbons (Fsp3) is 0.690. The molecule has 0 bridgehead atoms. The van der Waals surface area contributed by atoms with Gasteiger partial charge in [0.2, 0.25) is 0 Å². The van der Waals surface area contributed by atoms with E-state index in [0.29, 0.717) is 24.1 Å².